The number of aliphatic hydroxyl groups is 2. The molecule has 1 aromatic carbocycles. The lowest BCUT2D eigenvalue weighted by molar-refractivity contribution is -0.142. The maximum Gasteiger partial charge on any atom is 0.325 e. The van der Waals surface area contributed by atoms with E-state index in [1.165, 1.54) is 13.8 Å². The van der Waals surface area contributed by atoms with E-state index in [1.54, 1.807) is 71.9 Å². The number of carboxylic acids is 1. The normalized spacial score (nSPS) is 16.4. The molecule has 53 heavy (non-hydrogen) atoms. The van der Waals surface area contributed by atoms with Crippen LogP contribution in [0.5, 0.6) is 0 Å². The molecule has 0 bridgehead atoms. The van der Waals surface area contributed by atoms with E-state index in [2.05, 4.69) is 31.9 Å². The average Bonchev–Trinajstić information content (AvgIpc) is 3.09. The monoisotopic (exact) mass is 749 g/mol. The van der Waals surface area contributed by atoms with Crippen molar-refractivity contribution in [1.29, 1.82) is 0 Å². The Kier molecular flexibility index (Phi) is 19.7. The second-order valence-corrected chi connectivity index (χ2v) is 14.1. The molecule has 298 valence electrons. The number of hydrogen-bond acceptors (Lipinski definition) is 10. The summed E-state index contributed by atoms with van der Waals surface area (Å²) in [6.45, 7) is 12.3. The van der Waals surface area contributed by atoms with Crippen LogP contribution in [-0.4, -0.2) is 112 Å². The van der Waals surface area contributed by atoms with E-state index < -0.39 is 108 Å². The first-order valence-corrected chi connectivity index (χ1v) is 17.9. The summed E-state index contributed by atoms with van der Waals surface area (Å²) in [7, 11) is 0. The highest BCUT2D eigenvalue weighted by Crippen LogP contribution is 2.12. The number of aliphatic hydroxyl groups excluding tert-OH is 2. The summed E-state index contributed by atoms with van der Waals surface area (Å²) >= 11 is 0. The largest absolute Gasteiger partial charge is 0.480 e. The quantitative estimate of drug-likeness (QED) is 0.0665. The number of aliphatic carboxylic acids is 1. The average molecular weight is 750 g/mol. The van der Waals surface area contributed by atoms with Gasteiger partial charge in [0.1, 0.15) is 42.3 Å². The van der Waals surface area contributed by atoms with Crippen molar-refractivity contribution in [3.8, 4) is 0 Å². The van der Waals surface area contributed by atoms with Gasteiger partial charge in [-0.1, -0.05) is 78.3 Å². The predicted octanol–water partition coefficient (Wildman–Crippen LogP) is -1.31. The fourth-order valence-corrected chi connectivity index (χ4v) is 5.14. The molecule has 0 unspecified atom stereocenters. The van der Waals surface area contributed by atoms with Gasteiger partial charge in [0.05, 0.1) is 12.7 Å². The first-order valence-electron chi connectivity index (χ1n) is 17.9. The van der Waals surface area contributed by atoms with Gasteiger partial charge in [0.15, 0.2) is 0 Å². The predicted molar refractivity (Wildman–Crippen MR) is 196 cm³/mol. The zero-order chi connectivity index (χ0) is 40.6. The van der Waals surface area contributed by atoms with Crippen molar-refractivity contribution in [2.24, 2.45) is 23.5 Å². The van der Waals surface area contributed by atoms with Gasteiger partial charge in [0.25, 0.3) is 0 Å². The molecule has 1 rings (SSSR count). The van der Waals surface area contributed by atoms with Gasteiger partial charge < -0.3 is 53.0 Å². The second-order valence-electron chi connectivity index (χ2n) is 14.1. The molecule has 11 N–H and O–H groups in total. The minimum Gasteiger partial charge on any atom is -0.480 e. The molecule has 0 saturated carbocycles. The number of carboxylic acid groups (broad SMARTS) is 1. The fourth-order valence-electron chi connectivity index (χ4n) is 5.14. The molecule has 0 radical (unpaired) electrons. The first kappa shape index (κ1) is 46.4. The van der Waals surface area contributed by atoms with E-state index in [0.717, 1.165) is 0 Å². The highest BCUT2D eigenvalue weighted by atomic mass is 16.4. The number of carbonyl (C=O) groups is 7. The molecule has 0 aliphatic rings. The smallest absolute Gasteiger partial charge is 0.325 e. The van der Waals surface area contributed by atoms with Crippen molar-refractivity contribution >= 4 is 41.4 Å². The summed E-state index contributed by atoms with van der Waals surface area (Å²) in [5, 5.41) is 44.3. The van der Waals surface area contributed by atoms with Crippen LogP contribution in [-0.2, 0) is 40.0 Å². The Bertz CT molecular complexity index is 1390. The maximum absolute atomic E-state index is 13.8. The van der Waals surface area contributed by atoms with Gasteiger partial charge in [-0.25, -0.2) is 0 Å². The Morgan fingerprint density at radius 3 is 1.64 bits per heavy atom. The molecule has 0 fully saturated rings. The fraction of sp³-hybridized carbons (Fsp3) is 0.639. The van der Waals surface area contributed by atoms with Gasteiger partial charge in [-0.05, 0) is 43.6 Å². The summed E-state index contributed by atoms with van der Waals surface area (Å²) in [6.07, 6.45) is -0.956. The molecule has 0 saturated heterocycles. The Labute approximate surface area is 311 Å². The molecule has 0 aromatic heterocycles. The molecular weight excluding hydrogens is 690 g/mol. The highest BCUT2D eigenvalue weighted by Gasteiger charge is 2.36. The Balaban J connectivity index is 3.35. The third-order valence-corrected chi connectivity index (χ3v) is 8.62. The van der Waals surface area contributed by atoms with Crippen LogP contribution >= 0.6 is 0 Å². The third-order valence-electron chi connectivity index (χ3n) is 8.62. The van der Waals surface area contributed by atoms with Crippen molar-refractivity contribution in [1.82, 2.24) is 31.9 Å². The number of nitrogens with one attached hydrogen (secondary N) is 6. The molecule has 17 nitrogen and oxygen atoms in total. The van der Waals surface area contributed by atoms with Crippen molar-refractivity contribution in [3.05, 3.63) is 35.9 Å². The molecular formula is C36H59N7O10. The lowest BCUT2D eigenvalue weighted by atomic mass is 9.96. The summed E-state index contributed by atoms with van der Waals surface area (Å²) in [4.78, 5) is 91.3. The molecule has 0 heterocycles. The van der Waals surface area contributed by atoms with E-state index >= 15 is 0 Å². The van der Waals surface area contributed by atoms with E-state index in [-0.39, 0.29) is 18.8 Å². The number of benzene rings is 1. The molecule has 17 heteroatoms. The highest BCUT2D eigenvalue weighted by molar-refractivity contribution is 5.97. The summed E-state index contributed by atoms with van der Waals surface area (Å²) in [6, 6.07) is -0.232. The van der Waals surface area contributed by atoms with Crippen molar-refractivity contribution < 1.29 is 48.9 Å². The van der Waals surface area contributed by atoms with Gasteiger partial charge in [0.2, 0.25) is 35.4 Å². The number of rotatable bonds is 22. The van der Waals surface area contributed by atoms with Crippen molar-refractivity contribution in [2.75, 3.05) is 6.61 Å². The Hall–Kier alpha value is -4.61. The number of carbonyl (C=O) groups excluding carboxylic acids is 6. The van der Waals surface area contributed by atoms with Crippen LogP contribution < -0.4 is 37.6 Å². The van der Waals surface area contributed by atoms with Crippen molar-refractivity contribution in [3.63, 3.8) is 0 Å². The number of hydrogen-bond donors (Lipinski definition) is 10. The molecule has 1 aromatic rings. The van der Waals surface area contributed by atoms with Crippen LogP contribution in [0.3, 0.4) is 0 Å². The van der Waals surface area contributed by atoms with Gasteiger partial charge >= 0.3 is 5.97 Å². The molecule has 0 aliphatic heterocycles. The summed E-state index contributed by atoms with van der Waals surface area (Å²) in [5.74, 6) is -7.01. The zero-order valence-electron chi connectivity index (χ0n) is 31.8. The van der Waals surface area contributed by atoms with Gasteiger partial charge in [-0.3, -0.25) is 33.6 Å². The molecule has 0 aliphatic carbocycles. The minimum absolute atomic E-state index is 0.0403. The van der Waals surface area contributed by atoms with E-state index in [9.17, 15) is 48.9 Å². The topological polar surface area (TPSA) is 278 Å². The zero-order valence-corrected chi connectivity index (χ0v) is 31.8. The van der Waals surface area contributed by atoms with Crippen LogP contribution in [0.1, 0.15) is 73.8 Å². The SMILES string of the molecule is CC[C@H](C)[C@H](NC(=O)[C@@H](N)CO)C(=O)N[C@@H](Cc1ccccc1)C(=O)N[C@H](C(=O)N[C@@H](CC(C)C)C(=O)N[C@H](C(=O)N[C@@H](C)C(=O)O)C(C)C)[C@@H](C)O. The summed E-state index contributed by atoms with van der Waals surface area (Å²) < 4.78 is 0. The van der Waals surface area contributed by atoms with E-state index in [1.807, 2.05) is 0 Å². The lowest BCUT2D eigenvalue weighted by Gasteiger charge is -2.30. The van der Waals surface area contributed by atoms with Crippen LogP contribution in [0, 0.1) is 17.8 Å². The molecule has 0 spiro atoms. The molecule has 9 atom stereocenters. The Morgan fingerprint density at radius 1 is 0.660 bits per heavy atom. The van der Waals surface area contributed by atoms with E-state index in [4.69, 9.17) is 5.73 Å². The minimum atomic E-state index is -1.60. The third kappa shape index (κ3) is 15.5. The van der Waals surface area contributed by atoms with Crippen LogP contribution in [0.4, 0.5) is 0 Å². The van der Waals surface area contributed by atoms with Crippen LogP contribution in [0.15, 0.2) is 30.3 Å². The van der Waals surface area contributed by atoms with Crippen molar-refractivity contribution in [2.45, 2.75) is 123 Å². The maximum atomic E-state index is 13.8. The number of nitrogens with two attached hydrogens (primary N) is 1. The lowest BCUT2D eigenvalue weighted by Crippen LogP contribution is -2.62. The van der Waals surface area contributed by atoms with Gasteiger partial charge in [0, 0.05) is 6.42 Å². The van der Waals surface area contributed by atoms with E-state index in [0.29, 0.717) is 12.0 Å². The first-order chi connectivity index (χ1) is 24.7. The Morgan fingerprint density at radius 2 is 1.15 bits per heavy atom. The standard InChI is InChI=1S/C36H59N7O10/c1-9-20(6)28(42-30(46)24(37)17-44)34(50)40-26(16-23-13-11-10-12-14-23)32(48)43-29(22(8)45)35(51)39-25(15-18(2)3)31(47)41-27(19(4)5)33(49)38-21(7)36(52)53/h10-14,18-22,24-29,44-45H,9,15-17,37H2,1-8H3,(H,38,49)(H,39,51)(H,40,50)(H,41,47)(H,42,46)(H,43,48)(H,52,53)/t20-,21-,22+,24-,25-,26-,27-,28-,29-/m0/s1. The summed E-state index contributed by atoms with van der Waals surface area (Å²) in [5.41, 5.74) is 6.29. The second kappa shape index (κ2) is 22.5. The van der Waals surface area contributed by atoms with Crippen LogP contribution in [0.2, 0.25) is 0 Å². The van der Waals surface area contributed by atoms with Gasteiger partial charge in [-0.2, -0.15) is 0 Å². The van der Waals surface area contributed by atoms with Gasteiger partial charge in [-0.15, -0.1) is 0 Å². The molecule has 6 amide bonds. The van der Waals surface area contributed by atoms with Crippen LogP contribution in [0.25, 0.3) is 0 Å². The number of amides is 6.